The van der Waals surface area contributed by atoms with Crippen molar-refractivity contribution in [2.75, 3.05) is 6.54 Å². The molecule has 7 heteroatoms. The normalized spacial score (nSPS) is 16.4. The number of hydrogen-bond acceptors (Lipinski definition) is 3. The molecule has 1 saturated heterocycles. The van der Waals surface area contributed by atoms with Gasteiger partial charge in [-0.3, -0.25) is 19.0 Å². The lowest BCUT2D eigenvalue weighted by Gasteiger charge is -2.17. The van der Waals surface area contributed by atoms with Gasteiger partial charge in [0.1, 0.15) is 5.82 Å². The maximum Gasteiger partial charge on any atom is 0.320 e. The van der Waals surface area contributed by atoms with Crippen molar-refractivity contribution in [3.63, 3.8) is 0 Å². The topological polar surface area (TPSA) is 64.3 Å². The van der Waals surface area contributed by atoms with E-state index in [0.717, 1.165) is 5.56 Å². The molecule has 1 aliphatic rings. The van der Waals surface area contributed by atoms with Crippen LogP contribution in [0.25, 0.3) is 5.69 Å². The zero-order valence-corrected chi connectivity index (χ0v) is 15.7. The molecule has 1 aromatic heterocycles. The van der Waals surface area contributed by atoms with Crippen molar-refractivity contribution in [3.8, 4) is 5.69 Å². The van der Waals surface area contributed by atoms with E-state index in [-0.39, 0.29) is 17.6 Å². The number of carbonyl (C=O) groups excluding carboxylic acids is 1. The number of hydrogen-bond donors (Lipinski definition) is 0. The van der Waals surface area contributed by atoms with E-state index >= 15 is 0 Å². The molecule has 0 spiro atoms. The fourth-order valence-electron chi connectivity index (χ4n) is 3.66. The van der Waals surface area contributed by atoms with Crippen molar-refractivity contribution in [1.29, 1.82) is 0 Å². The van der Waals surface area contributed by atoms with Gasteiger partial charge in [0.2, 0.25) is 5.91 Å². The number of likely N-dealkylation sites (tertiary alicyclic amines) is 1. The minimum atomic E-state index is -0.619. The van der Waals surface area contributed by atoms with Crippen molar-refractivity contribution >= 4 is 5.91 Å². The van der Waals surface area contributed by atoms with Crippen LogP contribution in [0.3, 0.4) is 0 Å². The van der Waals surface area contributed by atoms with Gasteiger partial charge in [-0.25, -0.2) is 4.39 Å². The Morgan fingerprint density at radius 1 is 0.897 bits per heavy atom. The van der Waals surface area contributed by atoms with Crippen molar-refractivity contribution in [2.45, 2.75) is 19.5 Å². The summed E-state index contributed by atoms with van der Waals surface area (Å²) in [6.07, 6.45) is 3.48. The maximum atomic E-state index is 13.0. The van der Waals surface area contributed by atoms with E-state index < -0.39 is 11.1 Å². The second-order valence-corrected chi connectivity index (χ2v) is 7.24. The number of rotatable bonds is 5. The fourth-order valence-corrected chi connectivity index (χ4v) is 3.66. The highest BCUT2D eigenvalue weighted by Gasteiger charge is 2.30. The number of aromatic nitrogens is 2. The zero-order chi connectivity index (χ0) is 20.4. The van der Waals surface area contributed by atoms with Crippen molar-refractivity contribution in [2.24, 2.45) is 5.92 Å². The van der Waals surface area contributed by atoms with Crippen molar-refractivity contribution in [1.82, 2.24) is 14.0 Å². The molecule has 0 bridgehead atoms. The van der Waals surface area contributed by atoms with Crippen LogP contribution in [-0.4, -0.2) is 26.5 Å². The standard InChI is InChI=1S/C22H20FN3O3/c23-18-8-6-16(7-9-18)13-25-15-17(12-20(25)27)14-24-10-11-26(22(29)21(24)28)19-4-2-1-3-5-19/h1-11,17H,12-15H2. The lowest BCUT2D eigenvalue weighted by molar-refractivity contribution is -0.128. The molecule has 0 aliphatic carbocycles. The Hall–Kier alpha value is -3.48. The quantitative estimate of drug-likeness (QED) is 0.624. The summed E-state index contributed by atoms with van der Waals surface area (Å²) in [6, 6.07) is 15.0. The molecule has 1 fully saturated rings. The summed E-state index contributed by atoms with van der Waals surface area (Å²) in [4.78, 5) is 39.1. The number of carbonyl (C=O) groups is 1. The molecule has 29 heavy (non-hydrogen) atoms. The number of benzene rings is 2. The van der Waals surface area contributed by atoms with Crippen LogP contribution in [0.5, 0.6) is 0 Å². The number of halogens is 1. The summed E-state index contributed by atoms with van der Waals surface area (Å²) in [6.45, 7) is 1.19. The molecule has 2 heterocycles. The van der Waals surface area contributed by atoms with Crippen molar-refractivity contribution < 1.29 is 9.18 Å². The van der Waals surface area contributed by atoms with Crippen molar-refractivity contribution in [3.05, 3.63) is 99.1 Å². The summed E-state index contributed by atoms with van der Waals surface area (Å²) in [5.41, 5.74) is 0.248. The molecule has 2 aromatic carbocycles. The second kappa shape index (κ2) is 7.87. The van der Waals surface area contributed by atoms with Crippen LogP contribution < -0.4 is 11.1 Å². The summed E-state index contributed by atoms with van der Waals surface area (Å²) in [5.74, 6) is -0.387. The van der Waals surface area contributed by atoms with Crippen LogP contribution in [0.1, 0.15) is 12.0 Å². The van der Waals surface area contributed by atoms with Gasteiger partial charge in [-0.1, -0.05) is 30.3 Å². The SMILES string of the molecule is O=C1CC(Cn2ccn(-c3ccccc3)c(=O)c2=O)CN1Cc1ccc(F)cc1. The van der Waals surface area contributed by atoms with Crippen LogP contribution >= 0.6 is 0 Å². The van der Waals surface area contributed by atoms with Gasteiger partial charge < -0.3 is 9.47 Å². The zero-order valence-electron chi connectivity index (χ0n) is 15.7. The Balaban J connectivity index is 1.48. The van der Waals surface area contributed by atoms with Gasteiger partial charge in [0.05, 0.1) is 0 Å². The molecule has 1 atom stereocenters. The first-order valence-corrected chi connectivity index (χ1v) is 9.41. The smallest absolute Gasteiger partial charge is 0.320 e. The Labute approximate surface area is 166 Å². The fraction of sp³-hybridized carbons (Fsp3) is 0.227. The van der Waals surface area contributed by atoms with Crippen LogP contribution in [0.15, 0.2) is 76.6 Å². The van der Waals surface area contributed by atoms with E-state index in [1.54, 1.807) is 53.7 Å². The third-order valence-electron chi connectivity index (χ3n) is 5.13. The van der Waals surface area contributed by atoms with E-state index in [1.165, 1.54) is 21.3 Å². The molecule has 3 aromatic rings. The molecule has 1 unspecified atom stereocenters. The Morgan fingerprint density at radius 2 is 1.62 bits per heavy atom. The van der Waals surface area contributed by atoms with Gasteiger partial charge in [0, 0.05) is 50.1 Å². The molecule has 0 N–H and O–H groups in total. The lowest BCUT2D eigenvalue weighted by atomic mass is 10.1. The first kappa shape index (κ1) is 18.9. The van der Waals surface area contributed by atoms with Gasteiger partial charge in [0.15, 0.2) is 0 Å². The van der Waals surface area contributed by atoms with E-state index in [2.05, 4.69) is 0 Å². The van der Waals surface area contributed by atoms with E-state index in [1.807, 2.05) is 6.07 Å². The third kappa shape index (κ3) is 4.03. The molecule has 148 valence electrons. The summed E-state index contributed by atoms with van der Waals surface area (Å²) < 4.78 is 15.7. The highest BCUT2D eigenvalue weighted by molar-refractivity contribution is 5.78. The predicted octanol–water partition coefficient (Wildman–Crippen LogP) is 2.19. The highest BCUT2D eigenvalue weighted by Crippen LogP contribution is 2.21. The molecule has 0 saturated carbocycles. The highest BCUT2D eigenvalue weighted by atomic mass is 19.1. The monoisotopic (exact) mass is 393 g/mol. The first-order valence-electron chi connectivity index (χ1n) is 9.41. The Kier molecular flexibility index (Phi) is 5.12. The van der Waals surface area contributed by atoms with Gasteiger partial charge >= 0.3 is 11.1 Å². The van der Waals surface area contributed by atoms with Gasteiger partial charge in [0.25, 0.3) is 0 Å². The number of nitrogens with zero attached hydrogens (tertiary/aromatic N) is 3. The first-order chi connectivity index (χ1) is 14.0. The van der Waals surface area contributed by atoms with Crippen LogP contribution in [0, 0.1) is 11.7 Å². The predicted molar refractivity (Wildman–Crippen MR) is 106 cm³/mol. The van der Waals surface area contributed by atoms with Gasteiger partial charge in [-0.15, -0.1) is 0 Å². The molecule has 0 radical (unpaired) electrons. The third-order valence-corrected chi connectivity index (χ3v) is 5.13. The van der Waals surface area contributed by atoms with E-state index in [9.17, 15) is 18.8 Å². The molecule has 6 nitrogen and oxygen atoms in total. The van der Waals surface area contributed by atoms with Gasteiger partial charge in [-0.2, -0.15) is 0 Å². The molecule has 4 rings (SSSR count). The molecular weight excluding hydrogens is 373 g/mol. The molecule has 1 amide bonds. The van der Waals surface area contributed by atoms with E-state index in [0.29, 0.717) is 31.7 Å². The minimum absolute atomic E-state index is 0.00926. The summed E-state index contributed by atoms with van der Waals surface area (Å²) in [5, 5.41) is 0. The summed E-state index contributed by atoms with van der Waals surface area (Å²) in [7, 11) is 0. The number of para-hydroxylation sites is 1. The van der Waals surface area contributed by atoms with Crippen LogP contribution in [0.2, 0.25) is 0 Å². The lowest BCUT2D eigenvalue weighted by Crippen LogP contribution is -2.41. The Morgan fingerprint density at radius 3 is 2.34 bits per heavy atom. The van der Waals surface area contributed by atoms with Crippen LogP contribution in [0.4, 0.5) is 4.39 Å². The van der Waals surface area contributed by atoms with Crippen LogP contribution in [-0.2, 0) is 17.9 Å². The average Bonchev–Trinajstić information content (AvgIpc) is 3.07. The average molecular weight is 393 g/mol. The molecular formula is C22H20FN3O3. The Bertz CT molecular complexity index is 1140. The van der Waals surface area contributed by atoms with E-state index in [4.69, 9.17) is 0 Å². The largest absolute Gasteiger partial charge is 0.338 e. The number of amides is 1. The molecule has 1 aliphatic heterocycles. The van der Waals surface area contributed by atoms with Gasteiger partial charge in [-0.05, 0) is 29.8 Å². The minimum Gasteiger partial charge on any atom is -0.338 e. The second-order valence-electron chi connectivity index (χ2n) is 7.24. The maximum absolute atomic E-state index is 13.0. The summed E-state index contributed by atoms with van der Waals surface area (Å²) >= 11 is 0.